The third-order valence-corrected chi connectivity index (χ3v) is 4.97. The molecule has 0 aliphatic carbocycles. The zero-order chi connectivity index (χ0) is 17.4. The van der Waals surface area contributed by atoms with Crippen molar-refractivity contribution in [2.24, 2.45) is 0 Å². The van der Waals surface area contributed by atoms with Gasteiger partial charge in [0.2, 0.25) is 5.89 Å². The molecule has 0 atom stereocenters. The Balaban J connectivity index is 1.69. The number of amides is 1. The van der Waals surface area contributed by atoms with Crippen LogP contribution in [0.5, 0.6) is 0 Å². The lowest BCUT2D eigenvalue weighted by Crippen LogP contribution is -2.61. The highest BCUT2D eigenvalue weighted by Crippen LogP contribution is 2.39. The van der Waals surface area contributed by atoms with E-state index in [1.165, 1.54) is 0 Å². The molecule has 0 saturated carbocycles. The Morgan fingerprint density at radius 3 is 2.76 bits per heavy atom. The van der Waals surface area contributed by atoms with Crippen LogP contribution in [-0.4, -0.2) is 34.7 Å². The fraction of sp³-hybridized carbons (Fsp3) is 0.500. The molecule has 1 fully saturated rings. The summed E-state index contributed by atoms with van der Waals surface area (Å²) in [7, 11) is 0. The molecule has 132 valence electrons. The number of nitrogens with zero attached hydrogens (tertiary/aromatic N) is 3. The number of nitrogens with one attached hydrogen (secondary N) is 2. The zero-order valence-electron chi connectivity index (χ0n) is 14.6. The van der Waals surface area contributed by atoms with E-state index in [1.54, 1.807) is 4.90 Å². The fourth-order valence-electron chi connectivity index (χ4n) is 3.55. The first kappa shape index (κ1) is 16.1. The largest absolute Gasteiger partial charge is 0.369 e. The number of carbonyl (C=O) groups is 1. The summed E-state index contributed by atoms with van der Waals surface area (Å²) in [5.74, 6) is 1.41. The van der Waals surface area contributed by atoms with Gasteiger partial charge in [0.15, 0.2) is 5.82 Å². The minimum atomic E-state index is -0.555. The van der Waals surface area contributed by atoms with Gasteiger partial charge in [0, 0.05) is 5.92 Å². The standard InChI is InChI=1S/C18H23N5O2/c1-12(2)16-20-15(25-22-16)11-23-14-6-4-3-5-13(14)21-18(17(23)24)7-9-19-10-8-18/h3-6,12,19,21H,7-11H2,1-2H3. The van der Waals surface area contributed by atoms with Crippen molar-refractivity contribution in [3.8, 4) is 0 Å². The summed E-state index contributed by atoms with van der Waals surface area (Å²) in [6.45, 7) is 5.99. The fourth-order valence-corrected chi connectivity index (χ4v) is 3.55. The lowest BCUT2D eigenvalue weighted by atomic mass is 9.84. The first-order chi connectivity index (χ1) is 12.1. The van der Waals surface area contributed by atoms with Crippen LogP contribution >= 0.6 is 0 Å². The van der Waals surface area contributed by atoms with Crippen LogP contribution in [0.4, 0.5) is 11.4 Å². The molecule has 2 aliphatic rings. The van der Waals surface area contributed by atoms with Crippen LogP contribution in [0.15, 0.2) is 28.8 Å². The summed E-state index contributed by atoms with van der Waals surface area (Å²) >= 11 is 0. The average molecular weight is 341 g/mol. The van der Waals surface area contributed by atoms with Crippen molar-refractivity contribution in [2.45, 2.75) is 44.7 Å². The van der Waals surface area contributed by atoms with Crippen LogP contribution in [0, 0.1) is 0 Å². The number of hydrogen-bond acceptors (Lipinski definition) is 6. The second-order valence-electron chi connectivity index (χ2n) is 7.07. The highest BCUT2D eigenvalue weighted by atomic mass is 16.5. The van der Waals surface area contributed by atoms with Gasteiger partial charge >= 0.3 is 0 Å². The van der Waals surface area contributed by atoms with E-state index in [4.69, 9.17) is 4.52 Å². The molecule has 2 N–H and O–H groups in total. The molecule has 4 rings (SSSR count). The van der Waals surface area contributed by atoms with Crippen LogP contribution in [0.3, 0.4) is 0 Å². The number of piperidine rings is 1. The van der Waals surface area contributed by atoms with Crippen molar-refractivity contribution in [2.75, 3.05) is 23.3 Å². The predicted molar refractivity (Wildman–Crippen MR) is 94.5 cm³/mol. The molecule has 0 unspecified atom stereocenters. The first-order valence-corrected chi connectivity index (χ1v) is 8.81. The van der Waals surface area contributed by atoms with Gasteiger partial charge in [0.1, 0.15) is 12.1 Å². The maximum Gasteiger partial charge on any atom is 0.253 e. The Kier molecular flexibility index (Phi) is 3.95. The lowest BCUT2D eigenvalue weighted by Gasteiger charge is -2.45. The third kappa shape index (κ3) is 2.78. The van der Waals surface area contributed by atoms with Gasteiger partial charge in [-0.2, -0.15) is 4.98 Å². The van der Waals surface area contributed by atoms with Gasteiger partial charge in [-0.05, 0) is 38.1 Å². The van der Waals surface area contributed by atoms with Crippen LogP contribution < -0.4 is 15.5 Å². The maximum atomic E-state index is 13.4. The highest BCUT2D eigenvalue weighted by molar-refractivity contribution is 6.07. The summed E-state index contributed by atoms with van der Waals surface area (Å²) in [6.07, 6.45) is 1.52. The number of rotatable bonds is 3. The number of anilines is 2. The average Bonchev–Trinajstić information content (AvgIpc) is 3.09. The Bertz CT molecular complexity index is 779. The minimum absolute atomic E-state index is 0.0806. The molecular formula is C18H23N5O2. The minimum Gasteiger partial charge on any atom is -0.369 e. The smallest absolute Gasteiger partial charge is 0.253 e. The summed E-state index contributed by atoms with van der Waals surface area (Å²) in [5.41, 5.74) is 1.29. The molecule has 3 heterocycles. The van der Waals surface area contributed by atoms with Crippen LogP contribution in [0.1, 0.15) is 44.3 Å². The van der Waals surface area contributed by atoms with E-state index in [0.717, 1.165) is 37.3 Å². The molecule has 0 radical (unpaired) electrons. The summed E-state index contributed by atoms with van der Waals surface area (Å²) in [5, 5.41) is 10.8. The summed E-state index contributed by atoms with van der Waals surface area (Å²) < 4.78 is 5.38. The number of benzene rings is 1. The van der Waals surface area contributed by atoms with Crippen molar-refractivity contribution in [1.82, 2.24) is 15.5 Å². The number of fused-ring (bicyclic) bond motifs is 1. The molecule has 2 aromatic rings. The molecule has 1 aromatic heterocycles. The van der Waals surface area contributed by atoms with E-state index in [2.05, 4.69) is 20.8 Å². The second kappa shape index (κ2) is 6.15. The van der Waals surface area contributed by atoms with Crippen molar-refractivity contribution in [3.63, 3.8) is 0 Å². The highest BCUT2D eigenvalue weighted by Gasteiger charge is 2.46. The summed E-state index contributed by atoms with van der Waals surface area (Å²) in [6, 6.07) is 7.90. The van der Waals surface area contributed by atoms with Gasteiger partial charge in [-0.1, -0.05) is 31.1 Å². The molecule has 1 amide bonds. The SMILES string of the molecule is CC(C)c1noc(CN2C(=O)C3(CCNCC3)Nc3ccccc32)n1. The molecule has 1 saturated heterocycles. The van der Waals surface area contributed by atoms with Crippen molar-refractivity contribution >= 4 is 17.3 Å². The van der Waals surface area contributed by atoms with Gasteiger partial charge < -0.3 is 15.2 Å². The maximum absolute atomic E-state index is 13.4. The zero-order valence-corrected chi connectivity index (χ0v) is 14.6. The van der Waals surface area contributed by atoms with E-state index in [1.807, 2.05) is 38.1 Å². The van der Waals surface area contributed by atoms with Gasteiger partial charge in [0.25, 0.3) is 5.91 Å². The van der Waals surface area contributed by atoms with Gasteiger partial charge in [0.05, 0.1) is 11.4 Å². The number of hydrogen-bond donors (Lipinski definition) is 2. The molecule has 1 aromatic carbocycles. The Morgan fingerprint density at radius 2 is 2.04 bits per heavy atom. The number of para-hydroxylation sites is 2. The van der Waals surface area contributed by atoms with Gasteiger partial charge in [-0.15, -0.1) is 0 Å². The Hall–Kier alpha value is -2.41. The predicted octanol–water partition coefficient (Wildman–Crippen LogP) is 2.27. The monoisotopic (exact) mass is 341 g/mol. The number of carbonyl (C=O) groups excluding carboxylic acids is 1. The van der Waals surface area contributed by atoms with Crippen molar-refractivity contribution in [1.29, 1.82) is 0 Å². The topological polar surface area (TPSA) is 83.3 Å². The summed E-state index contributed by atoms with van der Waals surface area (Å²) in [4.78, 5) is 19.6. The first-order valence-electron chi connectivity index (χ1n) is 8.81. The molecular weight excluding hydrogens is 318 g/mol. The molecule has 7 heteroatoms. The van der Waals surface area contributed by atoms with Gasteiger partial charge in [-0.25, -0.2) is 0 Å². The van der Waals surface area contributed by atoms with Crippen molar-refractivity contribution < 1.29 is 9.32 Å². The van der Waals surface area contributed by atoms with Gasteiger partial charge in [-0.3, -0.25) is 9.69 Å². The Labute approximate surface area is 146 Å². The van der Waals surface area contributed by atoms with E-state index in [0.29, 0.717) is 18.3 Å². The molecule has 2 aliphatic heterocycles. The molecule has 0 bridgehead atoms. The van der Waals surface area contributed by atoms with Crippen LogP contribution in [0.2, 0.25) is 0 Å². The molecule has 7 nitrogen and oxygen atoms in total. The van der Waals surface area contributed by atoms with E-state index < -0.39 is 5.54 Å². The van der Waals surface area contributed by atoms with Crippen molar-refractivity contribution in [3.05, 3.63) is 36.0 Å². The van der Waals surface area contributed by atoms with E-state index in [-0.39, 0.29) is 11.8 Å². The van der Waals surface area contributed by atoms with Crippen LogP contribution in [-0.2, 0) is 11.3 Å². The molecule has 25 heavy (non-hydrogen) atoms. The lowest BCUT2D eigenvalue weighted by molar-refractivity contribution is -0.124. The van der Waals surface area contributed by atoms with E-state index in [9.17, 15) is 4.79 Å². The van der Waals surface area contributed by atoms with Crippen LogP contribution in [0.25, 0.3) is 0 Å². The van der Waals surface area contributed by atoms with E-state index >= 15 is 0 Å². The Morgan fingerprint density at radius 1 is 1.28 bits per heavy atom. The third-order valence-electron chi connectivity index (χ3n) is 4.97. The second-order valence-corrected chi connectivity index (χ2v) is 7.07. The quantitative estimate of drug-likeness (QED) is 0.891. The normalized spacial score (nSPS) is 19.2. The molecule has 1 spiro atoms. The number of aromatic nitrogens is 2.